The van der Waals surface area contributed by atoms with Crippen molar-refractivity contribution in [2.45, 2.75) is 26.9 Å². The number of nitrogens with one attached hydrogen (secondary N) is 1. The van der Waals surface area contributed by atoms with Gasteiger partial charge in [0.05, 0.1) is 29.2 Å². The van der Waals surface area contributed by atoms with Crippen LogP contribution in [0.1, 0.15) is 35.3 Å². The monoisotopic (exact) mass is 362 g/mol. The van der Waals surface area contributed by atoms with Crippen molar-refractivity contribution < 1.29 is 9.59 Å². The van der Waals surface area contributed by atoms with Crippen molar-refractivity contribution in [1.29, 1.82) is 5.26 Å². The molecule has 0 aliphatic carbocycles. The van der Waals surface area contributed by atoms with Gasteiger partial charge < -0.3 is 5.32 Å². The summed E-state index contributed by atoms with van der Waals surface area (Å²) >= 11 is 0. The number of carbonyl (C=O) groups excluding carboxylic acids is 2. The molecule has 3 rings (SSSR count). The molecule has 0 aliphatic heterocycles. The number of hydrogen-bond acceptors (Lipinski definition) is 4. The topological polar surface area (TPSA) is 96.9 Å². The Labute approximate surface area is 155 Å². The molecule has 0 spiro atoms. The van der Waals surface area contributed by atoms with Crippen LogP contribution >= 0.6 is 0 Å². The molecule has 0 saturated carbocycles. The zero-order valence-electron chi connectivity index (χ0n) is 15.0. The summed E-state index contributed by atoms with van der Waals surface area (Å²) < 4.78 is 2.60. The first-order valence-electron chi connectivity index (χ1n) is 8.39. The molecule has 0 saturated heterocycles. The van der Waals surface area contributed by atoms with Crippen LogP contribution in [0.4, 0.5) is 0 Å². The average molecular weight is 362 g/mol. The number of amides is 1. The zero-order chi connectivity index (χ0) is 19.6. The fourth-order valence-electron chi connectivity index (χ4n) is 2.95. The Kier molecular flexibility index (Phi) is 4.90. The molecule has 136 valence electrons. The van der Waals surface area contributed by atoms with E-state index in [0.29, 0.717) is 23.1 Å². The highest BCUT2D eigenvalue weighted by atomic mass is 16.2. The second kappa shape index (κ2) is 7.30. The van der Waals surface area contributed by atoms with E-state index in [0.717, 1.165) is 15.7 Å². The van der Waals surface area contributed by atoms with Gasteiger partial charge in [-0.3, -0.25) is 14.2 Å². The van der Waals surface area contributed by atoms with E-state index in [4.69, 9.17) is 5.26 Å². The van der Waals surface area contributed by atoms with Crippen molar-refractivity contribution in [1.82, 2.24) is 14.5 Å². The van der Waals surface area contributed by atoms with Gasteiger partial charge in [0.25, 0.3) is 0 Å². The molecule has 7 nitrogen and oxygen atoms in total. The van der Waals surface area contributed by atoms with Gasteiger partial charge in [0.15, 0.2) is 0 Å². The Morgan fingerprint density at radius 2 is 1.70 bits per heavy atom. The van der Waals surface area contributed by atoms with Crippen LogP contribution in [0.15, 0.2) is 47.3 Å². The Balaban J connectivity index is 2.00. The molecule has 1 amide bonds. The minimum absolute atomic E-state index is 0.101. The molecule has 1 heterocycles. The van der Waals surface area contributed by atoms with Crippen LogP contribution < -0.4 is 11.0 Å². The van der Waals surface area contributed by atoms with Crippen molar-refractivity contribution >= 4 is 22.8 Å². The maximum atomic E-state index is 12.8. The first-order chi connectivity index (χ1) is 12.9. The maximum absolute atomic E-state index is 12.8. The van der Waals surface area contributed by atoms with Crippen LogP contribution in [0, 0.1) is 11.3 Å². The minimum Gasteiger partial charge on any atom is -0.352 e. The largest absolute Gasteiger partial charge is 0.352 e. The average Bonchev–Trinajstić information content (AvgIpc) is 2.92. The normalized spacial score (nSPS) is 10.6. The smallest absolute Gasteiger partial charge is 0.336 e. The van der Waals surface area contributed by atoms with Gasteiger partial charge in [-0.15, -0.1) is 0 Å². The number of hydrogen-bond donors (Lipinski definition) is 1. The highest BCUT2D eigenvalue weighted by Crippen LogP contribution is 2.17. The second-order valence-electron chi connectivity index (χ2n) is 6.26. The fourth-order valence-corrected chi connectivity index (χ4v) is 2.95. The molecule has 0 atom stereocenters. The maximum Gasteiger partial charge on any atom is 0.336 e. The highest BCUT2D eigenvalue weighted by molar-refractivity contribution is 5.89. The second-order valence-corrected chi connectivity index (χ2v) is 6.26. The Morgan fingerprint density at radius 1 is 1.04 bits per heavy atom. The molecule has 7 heteroatoms. The van der Waals surface area contributed by atoms with E-state index in [1.807, 2.05) is 24.3 Å². The van der Waals surface area contributed by atoms with Gasteiger partial charge in [-0.1, -0.05) is 24.3 Å². The van der Waals surface area contributed by atoms with E-state index in [1.54, 1.807) is 18.2 Å². The van der Waals surface area contributed by atoms with E-state index in [-0.39, 0.29) is 18.4 Å². The Morgan fingerprint density at radius 3 is 2.30 bits per heavy atom. The fraction of sp³-hybridized carbons (Fsp3) is 0.200. The molecule has 27 heavy (non-hydrogen) atoms. The van der Waals surface area contributed by atoms with E-state index < -0.39 is 5.69 Å². The molecule has 0 bridgehead atoms. The predicted molar refractivity (Wildman–Crippen MR) is 100 cm³/mol. The van der Waals surface area contributed by atoms with Crippen LogP contribution in [0.3, 0.4) is 0 Å². The molecule has 0 radical (unpaired) electrons. The molecule has 1 N–H and O–H groups in total. The van der Waals surface area contributed by atoms with Crippen molar-refractivity contribution in [3.05, 3.63) is 69.6 Å². The summed E-state index contributed by atoms with van der Waals surface area (Å²) in [7, 11) is 0. The molecule has 0 fully saturated rings. The summed E-state index contributed by atoms with van der Waals surface area (Å²) in [5.41, 5.74) is 2.82. The summed E-state index contributed by atoms with van der Waals surface area (Å²) in [6.07, 6.45) is 0. The SMILES string of the molecule is CC(=O)NCc1ccc(Cn2c(=O)n(C(C)=O)c3ccc(C#N)cc32)cc1. The molecule has 0 aliphatic rings. The number of rotatable bonds is 4. The van der Waals surface area contributed by atoms with Crippen LogP contribution in [0.2, 0.25) is 0 Å². The van der Waals surface area contributed by atoms with Crippen molar-refractivity contribution in [3.8, 4) is 6.07 Å². The number of benzene rings is 2. The lowest BCUT2D eigenvalue weighted by Gasteiger charge is -2.06. The number of fused-ring (bicyclic) bond motifs is 1. The van der Waals surface area contributed by atoms with E-state index in [2.05, 4.69) is 11.4 Å². The lowest BCUT2D eigenvalue weighted by molar-refractivity contribution is -0.119. The van der Waals surface area contributed by atoms with Gasteiger partial charge in [-0.2, -0.15) is 5.26 Å². The molecule has 2 aromatic carbocycles. The zero-order valence-corrected chi connectivity index (χ0v) is 15.0. The number of carbonyl (C=O) groups is 2. The number of imidazole rings is 1. The summed E-state index contributed by atoms with van der Waals surface area (Å²) in [6, 6.07) is 14.4. The first kappa shape index (κ1) is 18.1. The van der Waals surface area contributed by atoms with Crippen molar-refractivity contribution in [2.24, 2.45) is 0 Å². The van der Waals surface area contributed by atoms with Crippen LogP contribution in [-0.4, -0.2) is 20.9 Å². The highest BCUT2D eigenvalue weighted by Gasteiger charge is 2.16. The van der Waals surface area contributed by atoms with E-state index in [1.165, 1.54) is 18.4 Å². The van der Waals surface area contributed by atoms with Crippen LogP contribution in [0.5, 0.6) is 0 Å². The summed E-state index contributed by atoms with van der Waals surface area (Å²) in [5, 5.41) is 11.9. The van der Waals surface area contributed by atoms with Crippen LogP contribution in [-0.2, 0) is 17.9 Å². The van der Waals surface area contributed by atoms with Crippen LogP contribution in [0.25, 0.3) is 11.0 Å². The standard InChI is InChI=1S/C20H18N4O3/c1-13(25)22-11-15-3-5-16(6-4-15)12-23-19-9-17(10-21)7-8-18(19)24(14(2)26)20(23)27/h3-9H,11-12H2,1-2H3,(H,22,25). The third kappa shape index (κ3) is 3.65. The summed E-state index contributed by atoms with van der Waals surface area (Å²) in [6.45, 7) is 3.50. The van der Waals surface area contributed by atoms with Gasteiger partial charge in [0.1, 0.15) is 0 Å². The van der Waals surface area contributed by atoms with E-state index >= 15 is 0 Å². The van der Waals surface area contributed by atoms with Gasteiger partial charge in [-0.25, -0.2) is 9.36 Å². The molecule has 3 aromatic rings. The Hall–Kier alpha value is -3.66. The van der Waals surface area contributed by atoms with Gasteiger partial charge in [0.2, 0.25) is 11.8 Å². The van der Waals surface area contributed by atoms with E-state index in [9.17, 15) is 14.4 Å². The summed E-state index contributed by atoms with van der Waals surface area (Å²) in [5.74, 6) is -0.477. The molecular weight excluding hydrogens is 344 g/mol. The molecule has 0 unspecified atom stereocenters. The molecule has 1 aromatic heterocycles. The minimum atomic E-state index is -0.435. The third-order valence-corrected chi connectivity index (χ3v) is 4.28. The van der Waals surface area contributed by atoms with Gasteiger partial charge in [-0.05, 0) is 29.3 Å². The molecular formula is C20H18N4O3. The lowest BCUT2D eigenvalue weighted by Crippen LogP contribution is -2.27. The Bertz CT molecular complexity index is 1130. The summed E-state index contributed by atoms with van der Waals surface area (Å²) in [4.78, 5) is 35.7. The van der Waals surface area contributed by atoms with Gasteiger partial charge >= 0.3 is 5.69 Å². The number of nitrogens with zero attached hydrogens (tertiary/aromatic N) is 3. The third-order valence-electron chi connectivity index (χ3n) is 4.28. The van der Waals surface area contributed by atoms with Gasteiger partial charge in [0, 0.05) is 20.4 Å². The lowest BCUT2D eigenvalue weighted by atomic mass is 10.1. The first-order valence-corrected chi connectivity index (χ1v) is 8.39. The predicted octanol–water partition coefficient (Wildman–Crippen LogP) is 2.02. The van der Waals surface area contributed by atoms with Crippen molar-refractivity contribution in [2.75, 3.05) is 0 Å². The quantitative estimate of drug-likeness (QED) is 0.768. The van der Waals surface area contributed by atoms with Crippen molar-refractivity contribution in [3.63, 3.8) is 0 Å². The number of nitriles is 1. The number of aromatic nitrogens is 2.